The molecule has 230 valence electrons. The Labute approximate surface area is 267 Å². The van der Waals surface area contributed by atoms with Crippen molar-refractivity contribution in [2.45, 2.75) is 37.2 Å². The molecular formula is C34H36BrN3O5S. The molecule has 0 radical (unpaired) electrons. The van der Waals surface area contributed by atoms with Crippen LogP contribution in [0.25, 0.3) is 0 Å². The molecule has 0 heterocycles. The van der Waals surface area contributed by atoms with Gasteiger partial charge in [-0.3, -0.25) is 13.9 Å². The lowest BCUT2D eigenvalue weighted by Crippen LogP contribution is -2.53. The first-order chi connectivity index (χ1) is 21.2. The fourth-order valence-corrected chi connectivity index (χ4v) is 6.61. The van der Waals surface area contributed by atoms with Gasteiger partial charge in [-0.1, -0.05) is 83.5 Å². The second kappa shape index (κ2) is 15.5. The molecule has 0 aliphatic rings. The Morgan fingerprint density at radius 1 is 0.864 bits per heavy atom. The number of amides is 2. The molecule has 0 aliphatic carbocycles. The highest BCUT2D eigenvalue weighted by atomic mass is 79.9. The molecule has 0 spiro atoms. The zero-order valence-electron chi connectivity index (χ0n) is 24.7. The van der Waals surface area contributed by atoms with Gasteiger partial charge in [-0.25, -0.2) is 8.42 Å². The van der Waals surface area contributed by atoms with E-state index in [1.54, 1.807) is 42.5 Å². The van der Waals surface area contributed by atoms with E-state index in [9.17, 15) is 18.0 Å². The fourth-order valence-electron chi connectivity index (χ4n) is 4.75. The molecule has 0 bridgehead atoms. The first-order valence-corrected chi connectivity index (χ1v) is 16.5. The van der Waals surface area contributed by atoms with Gasteiger partial charge in [-0.05, 0) is 66.1 Å². The SMILES string of the molecule is CCCNC(=O)[C@H](Cc1ccccc1)N(Cc1cccc(Br)c1)C(=O)CN(c1ccccc1)S(=O)(=O)c1ccc(OC)cc1. The summed E-state index contributed by atoms with van der Waals surface area (Å²) in [7, 11) is -2.68. The molecule has 4 aromatic carbocycles. The van der Waals surface area contributed by atoms with Crippen LogP contribution in [0.5, 0.6) is 5.75 Å². The average molecular weight is 679 g/mol. The molecule has 8 nitrogen and oxygen atoms in total. The van der Waals surface area contributed by atoms with Gasteiger partial charge in [0.05, 0.1) is 17.7 Å². The van der Waals surface area contributed by atoms with Crippen LogP contribution in [0.1, 0.15) is 24.5 Å². The Morgan fingerprint density at radius 2 is 1.50 bits per heavy atom. The maximum absolute atomic E-state index is 14.4. The number of sulfonamides is 1. The minimum absolute atomic E-state index is 0.00928. The first kappa shape index (κ1) is 32.8. The quantitative estimate of drug-likeness (QED) is 0.182. The highest BCUT2D eigenvalue weighted by Gasteiger charge is 2.34. The molecule has 2 amide bonds. The van der Waals surface area contributed by atoms with Crippen molar-refractivity contribution in [3.63, 3.8) is 0 Å². The summed E-state index contributed by atoms with van der Waals surface area (Å²) in [5, 5.41) is 2.95. The molecule has 0 aromatic heterocycles. The van der Waals surface area contributed by atoms with Crippen molar-refractivity contribution in [3.05, 3.63) is 125 Å². The predicted molar refractivity (Wildman–Crippen MR) is 176 cm³/mol. The van der Waals surface area contributed by atoms with Crippen LogP contribution in [-0.4, -0.2) is 51.4 Å². The number of ether oxygens (including phenoxy) is 1. The number of carbonyl (C=O) groups is 2. The number of rotatable bonds is 14. The van der Waals surface area contributed by atoms with E-state index >= 15 is 0 Å². The van der Waals surface area contributed by atoms with Crippen molar-refractivity contribution in [2.24, 2.45) is 0 Å². The third kappa shape index (κ3) is 8.48. The Morgan fingerprint density at radius 3 is 2.11 bits per heavy atom. The van der Waals surface area contributed by atoms with Crippen molar-refractivity contribution >= 4 is 43.5 Å². The van der Waals surface area contributed by atoms with Crippen molar-refractivity contribution in [2.75, 3.05) is 24.5 Å². The summed E-state index contributed by atoms with van der Waals surface area (Å²) in [5.41, 5.74) is 1.99. The van der Waals surface area contributed by atoms with E-state index in [0.717, 1.165) is 26.3 Å². The highest BCUT2D eigenvalue weighted by Crippen LogP contribution is 2.26. The summed E-state index contributed by atoms with van der Waals surface area (Å²) in [5.74, 6) is -0.310. The van der Waals surface area contributed by atoms with Crippen LogP contribution in [-0.2, 0) is 32.6 Å². The topological polar surface area (TPSA) is 96.0 Å². The summed E-state index contributed by atoms with van der Waals surface area (Å²) in [6.45, 7) is 1.99. The number of anilines is 1. The standard InChI is InChI=1S/C34H36BrN3O5S/c1-3-21-36-34(40)32(23-26-11-6-4-7-12-26)37(24-27-13-10-14-28(35)22-27)33(39)25-38(29-15-8-5-9-16-29)44(41,42)31-19-17-30(43-2)18-20-31/h4-20,22,32H,3,21,23-25H2,1-2H3,(H,36,40)/t32-/m0/s1. The number of benzene rings is 4. The molecule has 0 unspecified atom stereocenters. The molecule has 0 saturated carbocycles. The number of halogens is 1. The van der Waals surface area contributed by atoms with E-state index in [0.29, 0.717) is 18.0 Å². The van der Waals surface area contributed by atoms with Gasteiger partial charge in [0.2, 0.25) is 11.8 Å². The summed E-state index contributed by atoms with van der Waals surface area (Å²) >= 11 is 3.50. The highest BCUT2D eigenvalue weighted by molar-refractivity contribution is 9.10. The molecule has 0 saturated heterocycles. The predicted octanol–water partition coefficient (Wildman–Crippen LogP) is 5.82. The van der Waals surface area contributed by atoms with E-state index in [2.05, 4.69) is 21.2 Å². The molecule has 44 heavy (non-hydrogen) atoms. The monoisotopic (exact) mass is 677 g/mol. The molecule has 0 aliphatic heterocycles. The minimum Gasteiger partial charge on any atom is -0.497 e. The van der Waals surface area contributed by atoms with Crippen LogP contribution >= 0.6 is 15.9 Å². The van der Waals surface area contributed by atoms with Crippen molar-refractivity contribution in [3.8, 4) is 5.75 Å². The zero-order valence-corrected chi connectivity index (χ0v) is 27.1. The second-order valence-electron chi connectivity index (χ2n) is 10.2. The Hall–Kier alpha value is -4.15. The third-order valence-corrected chi connectivity index (χ3v) is 9.31. The number of para-hydroxylation sites is 1. The van der Waals surface area contributed by atoms with Crippen LogP contribution in [0.15, 0.2) is 119 Å². The number of nitrogens with zero attached hydrogens (tertiary/aromatic N) is 2. The van der Waals surface area contributed by atoms with Crippen LogP contribution < -0.4 is 14.4 Å². The number of methoxy groups -OCH3 is 1. The summed E-state index contributed by atoms with van der Waals surface area (Å²) in [6.07, 6.45) is 0.984. The third-order valence-electron chi connectivity index (χ3n) is 7.03. The minimum atomic E-state index is -4.18. The lowest BCUT2D eigenvalue weighted by atomic mass is 10.0. The van der Waals surface area contributed by atoms with E-state index in [-0.39, 0.29) is 23.8 Å². The van der Waals surface area contributed by atoms with Crippen LogP contribution in [0.2, 0.25) is 0 Å². The maximum atomic E-state index is 14.4. The molecule has 1 atom stereocenters. The van der Waals surface area contributed by atoms with Crippen molar-refractivity contribution < 1.29 is 22.7 Å². The lowest BCUT2D eigenvalue weighted by Gasteiger charge is -2.34. The summed E-state index contributed by atoms with van der Waals surface area (Å²) < 4.78 is 35.2. The normalized spacial score (nSPS) is 11.8. The van der Waals surface area contributed by atoms with Gasteiger partial charge in [-0.15, -0.1) is 0 Å². The maximum Gasteiger partial charge on any atom is 0.264 e. The number of hydrogen-bond acceptors (Lipinski definition) is 5. The summed E-state index contributed by atoms with van der Waals surface area (Å²) in [6, 6.07) is 30.6. The van der Waals surface area contributed by atoms with E-state index < -0.39 is 28.5 Å². The average Bonchev–Trinajstić information content (AvgIpc) is 3.04. The van der Waals surface area contributed by atoms with Gasteiger partial charge >= 0.3 is 0 Å². The zero-order chi connectivity index (χ0) is 31.5. The molecule has 0 fully saturated rings. The lowest BCUT2D eigenvalue weighted by molar-refractivity contribution is -0.140. The fraction of sp³-hybridized carbons (Fsp3) is 0.235. The van der Waals surface area contributed by atoms with E-state index in [4.69, 9.17) is 4.74 Å². The van der Waals surface area contributed by atoms with Gasteiger partial charge in [0.1, 0.15) is 18.3 Å². The van der Waals surface area contributed by atoms with Crippen LogP contribution in [0.3, 0.4) is 0 Å². The molecule has 4 rings (SSSR count). The Kier molecular flexibility index (Phi) is 11.6. The molecule has 4 aromatic rings. The Bertz CT molecular complexity index is 1630. The smallest absolute Gasteiger partial charge is 0.264 e. The molecular weight excluding hydrogens is 642 g/mol. The Balaban J connectivity index is 1.77. The van der Waals surface area contributed by atoms with Gasteiger partial charge in [0.15, 0.2) is 0 Å². The van der Waals surface area contributed by atoms with E-state index in [1.807, 2.05) is 61.5 Å². The molecule has 10 heteroatoms. The van der Waals surface area contributed by atoms with Crippen molar-refractivity contribution in [1.29, 1.82) is 0 Å². The van der Waals surface area contributed by atoms with Crippen molar-refractivity contribution in [1.82, 2.24) is 10.2 Å². The number of carbonyl (C=O) groups excluding carboxylic acids is 2. The van der Waals surface area contributed by atoms with Gasteiger partial charge in [-0.2, -0.15) is 0 Å². The first-order valence-electron chi connectivity index (χ1n) is 14.3. The van der Waals surface area contributed by atoms with Gasteiger partial charge in [0.25, 0.3) is 10.0 Å². The van der Waals surface area contributed by atoms with Gasteiger partial charge < -0.3 is 15.0 Å². The summed E-state index contributed by atoms with van der Waals surface area (Å²) in [4.78, 5) is 29.6. The molecule has 1 N–H and O–H groups in total. The second-order valence-corrected chi connectivity index (χ2v) is 12.9. The van der Waals surface area contributed by atoms with Crippen LogP contribution in [0.4, 0.5) is 5.69 Å². The van der Waals surface area contributed by atoms with Gasteiger partial charge in [0, 0.05) is 24.0 Å². The largest absolute Gasteiger partial charge is 0.497 e. The van der Waals surface area contributed by atoms with E-state index in [1.165, 1.54) is 24.1 Å². The van der Waals surface area contributed by atoms with Crippen LogP contribution in [0, 0.1) is 0 Å². The number of nitrogens with one attached hydrogen (secondary N) is 1. The number of hydrogen-bond donors (Lipinski definition) is 1.